The third-order valence-corrected chi connectivity index (χ3v) is 16.0. The van der Waals surface area contributed by atoms with Crippen LogP contribution in [0, 0.1) is 0 Å². The van der Waals surface area contributed by atoms with Crippen LogP contribution in [0.1, 0.15) is 400 Å². The number of carbonyl (C=O) groups is 3. The van der Waals surface area contributed by atoms with Crippen LogP contribution in [-0.4, -0.2) is 37.2 Å². The summed E-state index contributed by atoms with van der Waals surface area (Å²) in [5, 5.41) is 0. The molecule has 1 atom stereocenters. The van der Waals surface area contributed by atoms with Crippen LogP contribution >= 0.6 is 0 Å². The number of rotatable bonds is 65. The van der Waals surface area contributed by atoms with Gasteiger partial charge >= 0.3 is 17.9 Å². The smallest absolute Gasteiger partial charge is 0.306 e. The van der Waals surface area contributed by atoms with Gasteiger partial charge < -0.3 is 14.2 Å². The van der Waals surface area contributed by atoms with Gasteiger partial charge in [-0.3, -0.25) is 14.4 Å². The second kappa shape index (κ2) is 65.7. The lowest BCUT2D eigenvalue weighted by Gasteiger charge is -2.18. The molecule has 0 aromatic heterocycles. The fourth-order valence-corrected chi connectivity index (χ4v) is 10.8. The lowest BCUT2D eigenvalue weighted by Crippen LogP contribution is -2.30. The number of allylic oxidation sites excluding steroid dienone is 2. The van der Waals surface area contributed by atoms with E-state index in [-0.39, 0.29) is 31.1 Å². The van der Waals surface area contributed by atoms with Crippen molar-refractivity contribution in [2.45, 2.75) is 406 Å². The van der Waals surface area contributed by atoms with Gasteiger partial charge in [-0.2, -0.15) is 0 Å². The van der Waals surface area contributed by atoms with Crippen molar-refractivity contribution in [1.29, 1.82) is 0 Å². The van der Waals surface area contributed by atoms with Crippen molar-refractivity contribution in [3.63, 3.8) is 0 Å². The van der Waals surface area contributed by atoms with Crippen molar-refractivity contribution in [2.75, 3.05) is 13.2 Å². The van der Waals surface area contributed by atoms with Gasteiger partial charge in [0, 0.05) is 19.3 Å². The Morgan fingerprint density at radius 1 is 0.250 bits per heavy atom. The van der Waals surface area contributed by atoms with Crippen molar-refractivity contribution in [3.05, 3.63) is 12.2 Å². The van der Waals surface area contributed by atoms with E-state index in [1.54, 1.807) is 0 Å². The molecule has 0 aromatic rings. The largest absolute Gasteiger partial charge is 0.462 e. The maximum Gasteiger partial charge on any atom is 0.306 e. The Morgan fingerprint density at radius 2 is 0.434 bits per heavy atom. The maximum atomic E-state index is 12.9. The van der Waals surface area contributed by atoms with E-state index < -0.39 is 6.10 Å². The van der Waals surface area contributed by atoms with Crippen LogP contribution in [0.5, 0.6) is 0 Å². The van der Waals surface area contributed by atoms with E-state index in [9.17, 15) is 14.4 Å². The third-order valence-electron chi connectivity index (χ3n) is 16.0. The standard InChI is InChI=1S/C70H134O6/c1-4-7-10-13-16-19-22-24-26-28-30-32-34-36-37-39-41-43-45-48-51-54-57-60-63-69(72)75-66-67(65-74-68(71)62-59-56-53-50-47-21-18-15-12-9-6-3)76-70(73)64-61-58-55-52-49-46-44-42-40-38-35-33-31-29-27-25-23-20-17-14-11-8-5-2/h29,31,67H,4-28,30,32-66H2,1-3H3/b31-29-. The number of unbranched alkanes of at least 4 members (excludes halogenated alkanes) is 52. The van der Waals surface area contributed by atoms with Crippen molar-refractivity contribution in [3.8, 4) is 0 Å². The molecule has 0 aliphatic heterocycles. The predicted octanol–water partition coefficient (Wildman–Crippen LogP) is 23.6. The molecule has 0 N–H and O–H groups in total. The first-order valence-corrected chi connectivity index (χ1v) is 34.7. The summed E-state index contributed by atoms with van der Waals surface area (Å²) in [7, 11) is 0. The highest BCUT2D eigenvalue weighted by Crippen LogP contribution is 2.19. The molecule has 0 amide bonds. The molecule has 0 bridgehead atoms. The number of ether oxygens (including phenoxy) is 3. The molecule has 0 rings (SSSR count). The molecule has 0 heterocycles. The second-order valence-corrected chi connectivity index (χ2v) is 23.8. The average molecular weight is 1070 g/mol. The van der Waals surface area contributed by atoms with E-state index >= 15 is 0 Å². The van der Waals surface area contributed by atoms with E-state index in [1.165, 1.54) is 302 Å². The lowest BCUT2D eigenvalue weighted by atomic mass is 10.0. The highest BCUT2D eigenvalue weighted by molar-refractivity contribution is 5.71. The molecule has 0 spiro atoms. The van der Waals surface area contributed by atoms with E-state index in [1.807, 2.05) is 0 Å². The van der Waals surface area contributed by atoms with Crippen LogP contribution in [0.25, 0.3) is 0 Å². The fourth-order valence-electron chi connectivity index (χ4n) is 10.8. The summed E-state index contributed by atoms with van der Waals surface area (Å²) >= 11 is 0. The quantitative estimate of drug-likeness (QED) is 0.0261. The molecule has 0 fully saturated rings. The molecule has 0 aliphatic rings. The minimum Gasteiger partial charge on any atom is -0.462 e. The summed E-state index contributed by atoms with van der Waals surface area (Å²) in [5.41, 5.74) is 0. The van der Waals surface area contributed by atoms with Crippen molar-refractivity contribution < 1.29 is 28.6 Å². The molecule has 0 saturated carbocycles. The Balaban J connectivity index is 4.17. The number of hydrogen-bond acceptors (Lipinski definition) is 6. The number of hydrogen-bond donors (Lipinski definition) is 0. The van der Waals surface area contributed by atoms with Gasteiger partial charge in [-0.25, -0.2) is 0 Å². The first-order valence-electron chi connectivity index (χ1n) is 34.7. The Morgan fingerprint density at radius 3 is 0.658 bits per heavy atom. The fraction of sp³-hybridized carbons (Fsp3) is 0.929. The van der Waals surface area contributed by atoms with Gasteiger partial charge in [0.2, 0.25) is 0 Å². The minimum atomic E-state index is -0.766. The molecule has 6 heteroatoms. The zero-order valence-corrected chi connectivity index (χ0v) is 51.8. The average Bonchev–Trinajstić information content (AvgIpc) is 3.42. The van der Waals surface area contributed by atoms with Gasteiger partial charge in [0.1, 0.15) is 13.2 Å². The predicted molar refractivity (Wildman–Crippen MR) is 330 cm³/mol. The lowest BCUT2D eigenvalue weighted by molar-refractivity contribution is -0.167. The zero-order chi connectivity index (χ0) is 55.0. The van der Waals surface area contributed by atoms with Gasteiger partial charge in [0.15, 0.2) is 6.10 Å². The monoisotopic (exact) mass is 1070 g/mol. The first kappa shape index (κ1) is 74.2. The molecule has 76 heavy (non-hydrogen) atoms. The van der Waals surface area contributed by atoms with Crippen LogP contribution in [0.3, 0.4) is 0 Å². The van der Waals surface area contributed by atoms with Gasteiger partial charge in [0.25, 0.3) is 0 Å². The Labute approximate surface area is 475 Å². The third kappa shape index (κ3) is 63.0. The van der Waals surface area contributed by atoms with E-state index in [2.05, 4.69) is 32.9 Å². The summed E-state index contributed by atoms with van der Waals surface area (Å²) in [6.07, 6.45) is 78.2. The van der Waals surface area contributed by atoms with Crippen molar-refractivity contribution in [2.24, 2.45) is 0 Å². The number of esters is 3. The Kier molecular flexibility index (Phi) is 64.1. The summed E-state index contributed by atoms with van der Waals surface area (Å²) < 4.78 is 17.0. The second-order valence-electron chi connectivity index (χ2n) is 23.8. The molecule has 0 aromatic carbocycles. The first-order chi connectivity index (χ1) is 37.5. The normalized spacial score (nSPS) is 12.0. The highest BCUT2D eigenvalue weighted by Gasteiger charge is 2.19. The maximum absolute atomic E-state index is 12.9. The van der Waals surface area contributed by atoms with Crippen LogP contribution < -0.4 is 0 Å². The molecule has 0 saturated heterocycles. The zero-order valence-electron chi connectivity index (χ0n) is 51.8. The van der Waals surface area contributed by atoms with E-state index in [4.69, 9.17) is 14.2 Å². The Hall–Kier alpha value is -1.85. The molecule has 1 unspecified atom stereocenters. The van der Waals surface area contributed by atoms with Crippen LogP contribution in [0.15, 0.2) is 12.2 Å². The van der Waals surface area contributed by atoms with Gasteiger partial charge in [-0.1, -0.05) is 348 Å². The minimum absolute atomic E-state index is 0.0633. The van der Waals surface area contributed by atoms with Crippen LogP contribution in [0.4, 0.5) is 0 Å². The molecule has 0 aliphatic carbocycles. The number of carbonyl (C=O) groups excluding carboxylic acids is 3. The van der Waals surface area contributed by atoms with E-state index in [0.717, 1.165) is 57.8 Å². The Bertz CT molecular complexity index is 1180. The molecule has 0 radical (unpaired) electrons. The van der Waals surface area contributed by atoms with Crippen LogP contribution in [-0.2, 0) is 28.6 Å². The van der Waals surface area contributed by atoms with E-state index in [0.29, 0.717) is 19.3 Å². The van der Waals surface area contributed by atoms with Crippen molar-refractivity contribution >= 4 is 17.9 Å². The summed E-state index contributed by atoms with van der Waals surface area (Å²) in [6.45, 7) is 6.72. The molecule has 450 valence electrons. The van der Waals surface area contributed by atoms with Gasteiger partial charge in [0.05, 0.1) is 0 Å². The summed E-state index contributed by atoms with van der Waals surface area (Å²) in [6, 6.07) is 0. The summed E-state index contributed by atoms with van der Waals surface area (Å²) in [4.78, 5) is 38.3. The highest BCUT2D eigenvalue weighted by atomic mass is 16.6. The summed E-state index contributed by atoms with van der Waals surface area (Å²) in [5.74, 6) is -0.832. The molecule has 6 nitrogen and oxygen atoms in total. The van der Waals surface area contributed by atoms with Crippen LogP contribution in [0.2, 0.25) is 0 Å². The SMILES string of the molecule is CCCCCCCCCC/C=C\CCCCCCCCCCCCCC(=O)OC(COC(=O)CCCCCCCCCCCCC)COC(=O)CCCCCCCCCCCCCCCCCCCCCCCCCC. The topological polar surface area (TPSA) is 78.9 Å². The van der Waals surface area contributed by atoms with Gasteiger partial charge in [-0.15, -0.1) is 0 Å². The van der Waals surface area contributed by atoms with Crippen molar-refractivity contribution in [1.82, 2.24) is 0 Å². The van der Waals surface area contributed by atoms with Gasteiger partial charge in [-0.05, 0) is 44.9 Å². The molecular formula is C70H134O6. The molecular weight excluding hydrogens is 937 g/mol.